The molecule has 0 unspecified atom stereocenters. The van der Waals surface area contributed by atoms with Crippen molar-refractivity contribution in [1.82, 2.24) is 0 Å². The fourth-order valence-corrected chi connectivity index (χ4v) is 6.79. The number of hydrogen-bond donors (Lipinski definition) is 0. The molecule has 1 nitrogen and oxygen atoms in total. The fourth-order valence-electron chi connectivity index (χ4n) is 6.61. The smallest absolute Gasteiger partial charge is 0.133 e. The second-order valence-corrected chi connectivity index (χ2v) is 9.14. The molecule has 0 spiro atoms. The summed E-state index contributed by atoms with van der Waals surface area (Å²) in [6, 6.07) is 0. The van der Waals surface area contributed by atoms with E-state index in [0.717, 1.165) is 23.8 Å². The molecule has 0 saturated heterocycles. The van der Waals surface area contributed by atoms with E-state index in [1.54, 1.807) is 6.92 Å². The Bertz CT molecular complexity index is 642. The van der Waals surface area contributed by atoms with Crippen LogP contribution in [0.25, 0.3) is 0 Å². The van der Waals surface area contributed by atoms with Gasteiger partial charge in [0.05, 0.1) is 0 Å². The van der Waals surface area contributed by atoms with Crippen molar-refractivity contribution in [1.29, 1.82) is 0 Å². The summed E-state index contributed by atoms with van der Waals surface area (Å²) in [5, 5.41) is 0.852. The van der Waals surface area contributed by atoms with E-state index in [2.05, 4.69) is 38.2 Å². The standard InChI is InChI=1S/C21H27ClO/c1-13(23)17-6-7-18-16-5-4-14-12-15(22)8-10-20(14,2)19(16)9-11-21(17,18)3/h4,8,10,12,16-19H,5-7,9,11H2,1-3H3/t16-,17+,18-,19-,20-,21+/m0/s1. The highest BCUT2D eigenvalue weighted by atomic mass is 35.5. The Kier molecular flexibility index (Phi) is 3.47. The van der Waals surface area contributed by atoms with Crippen LogP contribution in [0, 0.1) is 34.5 Å². The molecular formula is C21H27ClO. The van der Waals surface area contributed by atoms with Crippen LogP contribution in [0.4, 0.5) is 0 Å². The first-order valence-corrected chi connectivity index (χ1v) is 9.51. The predicted octanol–water partition coefficient (Wildman–Crippen LogP) is 5.66. The van der Waals surface area contributed by atoms with Crippen LogP contribution in [-0.2, 0) is 4.79 Å². The number of ketones is 1. The number of carbonyl (C=O) groups excluding carboxylic acids is 1. The number of fused-ring (bicyclic) bond motifs is 5. The van der Waals surface area contributed by atoms with E-state index >= 15 is 0 Å². The van der Waals surface area contributed by atoms with E-state index in [-0.39, 0.29) is 10.8 Å². The number of carbonyl (C=O) groups is 1. The molecule has 124 valence electrons. The van der Waals surface area contributed by atoms with Crippen molar-refractivity contribution in [3.63, 3.8) is 0 Å². The zero-order chi connectivity index (χ0) is 16.4. The molecule has 0 N–H and O–H groups in total. The molecule has 2 fully saturated rings. The van der Waals surface area contributed by atoms with Gasteiger partial charge < -0.3 is 0 Å². The van der Waals surface area contributed by atoms with E-state index < -0.39 is 0 Å². The van der Waals surface area contributed by atoms with Crippen LogP contribution in [0.1, 0.15) is 52.9 Å². The maximum Gasteiger partial charge on any atom is 0.133 e. The molecule has 0 aliphatic heterocycles. The highest BCUT2D eigenvalue weighted by Gasteiger charge is 2.58. The molecule has 23 heavy (non-hydrogen) atoms. The fraction of sp³-hybridized carbons (Fsp3) is 0.667. The molecule has 0 aromatic rings. The summed E-state index contributed by atoms with van der Waals surface area (Å²) in [6.45, 7) is 6.61. The van der Waals surface area contributed by atoms with E-state index in [0.29, 0.717) is 23.5 Å². The maximum absolute atomic E-state index is 12.1. The summed E-state index contributed by atoms with van der Waals surface area (Å²) in [4.78, 5) is 12.1. The van der Waals surface area contributed by atoms with Crippen LogP contribution in [-0.4, -0.2) is 5.78 Å². The van der Waals surface area contributed by atoms with E-state index in [9.17, 15) is 4.79 Å². The molecule has 4 aliphatic carbocycles. The monoisotopic (exact) mass is 330 g/mol. The second-order valence-electron chi connectivity index (χ2n) is 8.70. The van der Waals surface area contributed by atoms with Gasteiger partial charge in [0, 0.05) is 16.4 Å². The van der Waals surface area contributed by atoms with Gasteiger partial charge in [-0.1, -0.05) is 37.6 Å². The van der Waals surface area contributed by atoms with Crippen LogP contribution in [0.2, 0.25) is 0 Å². The van der Waals surface area contributed by atoms with Crippen molar-refractivity contribution >= 4 is 17.4 Å². The van der Waals surface area contributed by atoms with Gasteiger partial charge in [-0.2, -0.15) is 0 Å². The lowest BCUT2D eigenvalue weighted by Gasteiger charge is -2.55. The predicted molar refractivity (Wildman–Crippen MR) is 95.1 cm³/mol. The van der Waals surface area contributed by atoms with Crippen LogP contribution < -0.4 is 0 Å². The first kappa shape index (κ1) is 15.7. The SMILES string of the molecule is CC(=O)[C@H]1CC[C@H]2[C@@H]3CC=C4C=C(Cl)C=C[C@]4(C)[C@H]3CC[C@]12C. The number of allylic oxidation sites excluding steroid dienone is 6. The molecule has 0 heterocycles. The van der Waals surface area contributed by atoms with E-state index in [1.807, 2.05) is 0 Å². The number of Topliss-reactive ketones (excluding diaryl/α,β-unsaturated/α-hetero) is 1. The largest absolute Gasteiger partial charge is 0.300 e. The van der Waals surface area contributed by atoms with Gasteiger partial charge in [0.2, 0.25) is 0 Å². The third kappa shape index (κ3) is 2.08. The number of rotatable bonds is 1. The summed E-state index contributed by atoms with van der Waals surface area (Å²) in [5.74, 6) is 2.84. The molecule has 0 radical (unpaired) electrons. The highest BCUT2D eigenvalue weighted by molar-refractivity contribution is 6.31. The highest BCUT2D eigenvalue weighted by Crippen LogP contribution is 2.65. The quantitative estimate of drug-likeness (QED) is 0.606. The zero-order valence-electron chi connectivity index (χ0n) is 14.4. The van der Waals surface area contributed by atoms with Crippen molar-refractivity contribution in [3.05, 3.63) is 34.9 Å². The van der Waals surface area contributed by atoms with Gasteiger partial charge in [-0.05, 0) is 79.9 Å². The van der Waals surface area contributed by atoms with Gasteiger partial charge in [0.15, 0.2) is 0 Å². The Morgan fingerprint density at radius 2 is 2.00 bits per heavy atom. The van der Waals surface area contributed by atoms with Gasteiger partial charge in [0.1, 0.15) is 5.78 Å². The Hall–Kier alpha value is -0.820. The molecule has 0 bridgehead atoms. The summed E-state index contributed by atoms with van der Waals surface area (Å²) in [5.41, 5.74) is 1.79. The summed E-state index contributed by atoms with van der Waals surface area (Å²) in [6.07, 6.45) is 15.0. The minimum Gasteiger partial charge on any atom is -0.300 e. The van der Waals surface area contributed by atoms with Gasteiger partial charge >= 0.3 is 0 Å². The summed E-state index contributed by atoms with van der Waals surface area (Å²) in [7, 11) is 0. The molecule has 6 atom stereocenters. The zero-order valence-corrected chi connectivity index (χ0v) is 15.2. The van der Waals surface area contributed by atoms with Gasteiger partial charge in [-0.15, -0.1) is 0 Å². The molecular weight excluding hydrogens is 304 g/mol. The Morgan fingerprint density at radius 1 is 1.22 bits per heavy atom. The Balaban J connectivity index is 1.71. The minimum absolute atomic E-state index is 0.136. The third-order valence-electron chi connectivity index (χ3n) is 7.81. The average molecular weight is 331 g/mol. The Labute approximate surface area is 144 Å². The average Bonchev–Trinajstić information content (AvgIpc) is 2.85. The van der Waals surface area contributed by atoms with Crippen LogP contribution in [0.3, 0.4) is 0 Å². The van der Waals surface area contributed by atoms with Gasteiger partial charge in [0.25, 0.3) is 0 Å². The van der Waals surface area contributed by atoms with Crippen molar-refractivity contribution in [2.75, 3.05) is 0 Å². The van der Waals surface area contributed by atoms with Crippen molar-refractivity contribution < 1.29 is 4.79 Å². The van der Waals surface area contributed by atoms with Crippen molar-refractivity contribution in [2.24, 2.45) is 34.5 Å². The Morgan fingerprint density at radius 3 is 2.74 bits per heavy atom. The number of halogens is 1. The van der Waals surface area contributed by atoms with E-state index in [4.69, 9.17) is 11.6 Å². The lowest BCUT2D eigenvalue weighted by molar-refractivity contribution is -0.126. The molecule has 2 heteroatoms. The van der Waals surface area contributed by atoms with E-state index in [1.165, 1.54) is 24.8 Å². The molecule has 4 aliphatic rings. The lowest BCUT2D eigenvalue weighted by atomic mass is 9.49. The van der Waals surface area contributed by atoms with Crippen LogP contribution in [0.15, 0.2) is 34.9 Å². The van der Waals surface area contributed by atoms with Gasteiger partial charge in [-0.3, -0.25) is 4.79 Å². The first-order chi connectivity index (χ1) is 10.9. The lowest BCUT2D eigenvalue weighted by Crippen LogP contribution is -2.49. The summed E-state index contributed by atoms with van der Waals surface area (Å²) >= 11 is 6.23. The third-order valence-corrected chi connectivity index (χ3v) is 8.05. The maximum atomic E-state index is 12.1. The molecule has 4 rings (SSSR count). The molecule has 0 aromatic heterocycles. The van der Waals surface area contributed by atoms with Crippen LogP contribution >= 0.6 is 11.6 Å². The molecule has 2 saturated carbocycles. The molecule has 0 amide bonds. The van der Waals surface area contributed by atoms with Crippen LogP contribution in [0.5, 0.6) is 0 Å². The summed E-state index contributed by atoms with van der Waals surface area (Å²) < 4.78 is 0. The molecule has 0 aromatic carbocycles. The first-order valence-electron chi connectivity index (χ1n) is 9.14. The van der Waals surface area contributed by atoms with Crippen molar-refractivity contribution in [2.45, 2.75) is 52.9 Å². The topological polar surface area (TPSA) is 17.1 Å². The van der Waals surface area contributed by atoms with Crippen molar-refractivity contribution in [3.8, 4) is 0 Å². The second kappa shape index (κ2) is 5.09. The minimum atomic E-state index is 0.136. The normalized spacial score (nSPS) is 48.0. The number of hydrogen-bond acceptors (Lipinski definition) is 1. The van der Waals surface area contributed by atoms with Gasteiger partial charge in [-0.25, -0.2) is 0 Å².